The van der Waals surface area contributed by atoms with Gasteiger partial charge in [-0.25, -0.2) is 18.1 Å². The molecule has 0 aliphatic carbocycles. The second-order valence-electron chi connectivity index (χ2n) is 4.51. The van der Waals surface area contributed by atoms with Crippen LogP contribution in [0.2, 0.25) is 0 Å². The van der Waals surface area contributed by atoms with Crippen LogP contribution in [0.25, 0.3) is 0 Å². The fourth-order valence-corrected chi connectivity index (χ4v) is 3.36. The molecule has 118 valence electrons. The van der Waals surface area contributed by atoms with Crippen LogP contribution in [-0.2, 0) is 23.0 Å². The molecular weight excluding hydrogens is 322 g/mol. The average Bonchev–Trinajstić information content (AvgIpc) is 3.02. The predicted octanol–water partition coefficient (Wildman–Crippen LogP) is 1.54. The zero-order valence-electron chi connectivity index (χ0n) is 12.3. The SMILES string of the molecule is CCc1ncc(C(=O)NCc2cccc(S(=O)(=O)NC)c2)s1. The van der Waals surface area contributed by atoms with Crippen molar-refractivity contribution in [1.82, 2.24) is 15.0 Å². The van der Waals surface area contributed by atoms with Crippen molar-refractivity contribution in [2.75, 3.05) is 7.05 Å². The summed E-state index contributed by atoms with van der Waals surface area (Å²) in [5, 5.41) is 3.68. The lowest BCUT2D eigenvalue weighted by atomic mass is 10.2. The lowest BCUT2D eigenvalue weighted by Crippen LogP contribution is -2.22. The van der Waals surface area contributed by atoms with Crippen molar-refractivity contribution in [3.63, 3.8) is 0 Å². The number of hydrogen-bond donors (Lipinski definition) is 2. The van der Waals surface area contributed by atoms with Gasteiger partial charge in [0.25, 0.3) is 5.91 Å². The first kappa shape index (κ1) is 16.6. The molecule has 2 N–H and O–H groups in total. The Kier molecular flexibility index (Phi) is 5.28. The number of benzene rings is 1. The smallest absolute Gasteiger partial charge is 0.263 e. The van der Waals surface area contributed by atoms with Gasteiger partial charge in [-0.15, -0.1) is 11.3 Å². The van der Waals surface area contributed by atoms with Gasteiger partial charge in [0.05, 0.1) is 16.1 Å². The third kappa shape index (κ3) is 3.90. The maximum Gasteiger partial charge on any atom is 0.263 e. The van der Waals surface area contributed by atoms with E-state index in [-0.39, 0.29) is 17.3 Å². The largest absolute Gasteiger partial charge is 0.347 e. The summed E-state index contributed by atoms with van der Waals surface area (Å²) in [6.07, 6.45) is 2.35. The standard InChI is InChI=1S/C14H17N3O3S2/c1-3-13-16-9-12(21-13)14(18)17-8-10-5-4-6-11(7-10)22(19,20)15-2/h4-7,9,15H,3,8H2,1-2H3,(H,17,18). The highest BCUT2D eigenvalue weighted by atomic mass is 32.2. The Hall–Kier alpha value is -1.77. The molecule has 2 rings (SSSR count). The Morgan fingerprint density at radius 1 is 1.36 bits per heavy atom. The van der Waals surface area contributed by atoms with Gasteiger partial charge < -0.3 is 5.32 Å². The van der Waals surface area contributed by atoms with Gasteiger partial charge in [0, 0.05) is 6.54 Å². The molecule has 6 nitrogen and oxygen atoms in total. The maximum atomic E-state index is 12.0. The van der Waals surface area contributed by atoms with Crippen molar-refractivity contribution in [3.8, 4) is 0 Å². The molecule has 0 radical (unpaired) electrons. The molecule has 0 bridgehead atoms. The van der Waals surface area contributed by atoms with Crippen molar-refractivity contribution in [2.45, 2.75) is 24.8 Å². The van der Waals surface area contributed by atoms with Crippen molar-refractivity contribution in [3.05, 3.63) is 45.9 Å². The second kappa shape index (κ2) is 6.99. The predicted molar refractivity (Wildman–Crippen MR) is 85.3 cm³/mol. The van der Waals surface area contributed by atoms with Crippen LogP contribution in [0.5, 0.6) is 0 Å². The minimum Gasteiger partial charge on any atom is -0.347 e. The molecule has 1 aromatic heterocycles. The number of amides is 1. The highest BCUT2D eigenvalue weighted by Gasteiger charge is 2.13. The monoisotopic (exact) mass is 339 g/mol. The van der Waals surface area contributed by atoms with E-state index >= 15 is 0 Å². The van der Waals surface area contributed by atoms with E-state index in [0.29, 0.717) is 10.4 Å². The first-order valence-corrected chi connectivity index (χ1v) is 9.01. The number of carbonyl (C=O) groups is 1. The molecule has 1 amide bonds. The van der Waals surface area contributed by atoms with Crippen LogP contribution < -0.4 is 10.0 Å². The number of nitrogens with one attached hydrogen (secondary N) is 2. The number of hydrogen-bond acceptors (Lipinski definition) is 5. The summed E-state index contributed by atoms with van der Waals surface area (Å²) in [5.41, 5.74) is 0.713. The molecule has 0 atom stereocenters. The van der Waals surface area contributed by atoms with Gasteiger partial charge in [0.2, 0.25) is 10.0 Å². The maximum absolute atomic E-state index is 12.0. The quantitative estimate of drug-likeness (QED) is 0.836. The summed E-state index contributed by atoms with van der Waals surface area (Å²) in [6.45, 7) is 2.24. The Morgan fingerprint density at radius 3 is 2.77 bits per heavy atom. The number of thiazole rings is 1. The van der Waals surface area contributed by atoms with Crippen molar-refractivity contribution in [2.24, 2.45) is 0 Å². The third-order valence-electron chi connectivity index (χ3n) is 3.01. The summed E-state index contributed by atoms with van der Waals surface area (Å²) >= 11 is 1.36. The van der Waals surface area contributed by atoms with Crippen LogP contribution in [0.15, 0.2) is 35.4 Å². The van der Waals surface area contributed by atoms with Crippen LogP contribution in [0.3, 0.4) is 0 Å². The van der Waals surface area contributed by atoms with E-state index in [0.717, 1.165) is 11.4 Å². The third-order valence-corrected chi connectivity index (χ3v) is 5.56. The number of aryl methyl sites for hydroxylation is 1. The van der Waals surface area contributed by atoms with E-state index in [2.05, 4.69) is 15.0 Å². The number of aromatic nitrogens is 1. The lowest BCUT2D eigenvalue weighted by Gasteiger charge is -2.07. The summed E-state index contributed by atoms with van der Waals surface area (Å²) in [4.78, 5) is 16.9. The van der Waals surface area contributed by atoms with E-state index in [1.165, 1.54) is 30.5 Å². The van der Waals surface area contributed by atoms with E-state index < -0.39 is 10.0 Å². The molecule has 0 fully saturated rings. The van der Waals surface area contributed by atoms with Crippen molar-refractivity contribution < 1.29 is 13.2 Å². The minimum atomic E-state index is -3.48. The van der Waals surface area contributed by atoms with Crippen LogP contribution in [-0.4, -0.2) is 26.4 Å². The molecule has 8 heteroatoms. The molecule has 0 saturated carbocycles. The first-order chi connectivity index (χ1) is 10.5. The highest BCUT2D eigenvalue weighted by Crippen LogP contribution is 2.14. The Morgan fingerprint density at radius 2 is 2.14 bits per heavy atom. The van der Waals surface area contributed by atoms with E-state index in [1.807, 2.05) is 6.92 Å². The first-order valence-electron chi connectivity index (χ1n) is 6.71. The lowest BCUT2D eigenvalue weighted by molar-refractivity contribution is 0.0954. The number of sulfonamides is 1. The fourth-order valence-electron chi connectivity index (χ4n) is 1.79. The van der Waals surface area contributed by atoms with E-state index in [1.54, 1.807) is 18.3 Å². The molecule has 2 aromatic rings. The topological polar surface area (TPSA) is 88.2 Å². The Balaban J connectivity index is 2.05. The summed E-state index contributed by atoms with van der Waals surface area (Å²) < 4.78 is 25.8. The molecule has 0 spiro atoms. The number of carbonyl (C=O) groups excluding carboxylic acids is 1. The van der Waals surface area contributed by atoms with E-state index in [9.17, 15) is 13.2 Å². The minimum absolute atomic E-state index is 0.174. The van der Waals surface area contributed by atoms with Crippen LogP contribution in [0.1, 0.15) is 27.2 Å². The zero-order valence-corrected chi connectivity index (χ0v) is 13.9. The number of nitrogens with zero attached hydrogens (tertiary/aromatic N) is 1. The second-order valence-corrected chi connectivity index (χ2v) is 7.51. The van der Waals surface area contributed by atoms with Crippen molar-refractivity contribution >= 4 is 27.3 Å². The average molecular weight is 339 g/mol. The molecule has 0 aliphatic rings. The molecule has 1 aromatic carbocycles. The molecule has 22 heavy (non-hydrogen) atoms. The van der Waals surface area contributed by atoms with Crippen molar-refractivity contribution in [1.29, 1.82) is 0 Å². The van der Waals surface area contributed by atoms with Gasteiger partial charge in [-0.2, -0.15) is 0 Å². The van der Waals surface area contributed by atoms with Crippen LogP contribution >= 0.6 is 11.3 Å². The zero-order chi connectivity index (χ0) is 16.2. The van der Waals surface area contributed by atoms with Gasteiger partial charge in [0.15, 0.2) is 0 Å². The van der Waals surface area contributed by atoms with Gasteiger partial charge >= 0.3 is 0 Å². The fraction of sp³-hybridized carbons (Fsp3) is 0.286. The molecule has 0 saturated heterocycles. The normalized spacial score (nSPS) is 11.4. The molecule has 1 heterocycles. The summed E-state index contributed by atoms with van der Waals surface area (Å²) in [5.74, 6) is -0.209. The molecule has 0 unspecified atom stereocenters. The number of rotatable bonds is 6. The molecule has 0 aliphatic heterocycles. The summed E-state index contributed by atoms with van der Waals surface area (Å²) in [7, 11) is -2.12. The van der Waals surface area contributed by atoms with Gasteiger partial charge in [-0.05, 0) is 31.2 Å². The summed E-state index contributed by atoms with van der Waals surface area (Å²) in [6, 6.07) is 6.46. The van der Waals surface area contributed by atoms with Gasteiger partial charge in [-0.1, -0.05) is 19.1 Å². The highest BCUT2D eigenvalue weighted by molar-refractivity contribution is 7.89. The Bertz CT molecular complexity index is 769. The van der Waals surface area contributed by atoms with E-state index in [4.69, 9.17) is 0 Å². The van der Waals surface area contributed by atoms with Gasteiger partial charge in [0.1, 0.15) is 4.88 Å². The Labute approximate surface area is 133 Å². The molecular formula is C14H17N3O3S2. The van der Waals surface area contributed by atoms with Crippen LogP contribution in [0.4, 0.5) is 0 Å². The van der Waals surface area contributed by atoms with Crippen LogP contribution in [0, 0.1) is 0 Å². The van der Waals surface area contributed by atoms with Gasteiger partial charge in [-0.3, -0.25) is 4.79 Å².